The van der Waals surface area contributed by atoms with E-state index in [2.05, 4.69) is 15.1 Å². The first-order chi connectivity index (χ1) is 15.0. The fraction of sp³-hybridized carbons (Fsp3) is 0.591. The summed E-state index contributed by atoms with van der Waals surface area (Å²) in [4.78, 5) is 29.7. The van der Waals surface area contributed by atoms with Crippen molar-refractivity contribution in [3.05, 3.63) is 27.4 Å². The largest absolute Gasteiger partial charge is 0.469 e. The number of benzene rings is 1. The molecule has 0 bridgehead atoms. The first kappa shape index (κ1) is 22.4. The highest BCUT2D eigenvalue weighted by Gasteiger charge is 2.31. The number of carbonyl (C=O) groups is 2. The lowest BCUT2D eigenvalue weighted by Gasteiger charge is -2.34. The summed E-state index contributed by atoms with van der Waals surface area (Å²) in [6.07, 6.45) is 4.95. The molecular formula is C22H28Cl2N4O3. The molecule has 2 aromatic rings. The molecule has 2 aliphatic rings. The first-order valence-electron chi connectivity index (χ1n) is 10.9. The Bertz CT molecular complexity index is 971. The summed E-state index contributed by atoms with van der Waals surface area (Å²) >= 11 is 12.9. The number of methoxy groups -OCH3 is 1. The van der Waals surface area contributed by atoms with Gasteiger partial charge in [-0.3, -0.25) is 14.7 Å². The van der Waals surface area contributed by atoms with Crippen LogP contribution in [0.4, 0.5) is 0 Å². The summed E-state index contributed by atoms with van der Waals surface area (Å²) in [7, 11) is 1.36. The second-order valence-corrected chi connectivity index (χ2v) is 9.22. The van der Waals surface area contributed by atoms with Crippen LogP contribution in [0.15, 0.2) is 6.07 Å². The normalized spacial score (nSPS) is 20.4. The molecule has 7 nitrogen and oxygen atoms in total. The molecule has 1 fully saturated rings. The maximum absolute atomic E-state index is 13.5. The van der Waals surface area contributed by atoms with E-state index >= 15 is 0 Å². The third-order valence-electron chi connectivity index (χ3n) is 6.49. The molecule has 4 rings (SSSR count). The minimum Gasteiger partial charge on any atom is -0.469 e. The van der Waals surface area contributed by atoms with E-state index in [9.17, 15) is 9.59 Å². The number of H-pyrrole nitrogens is 1. The average molecular weight is 467 g/mol. The minimum atomic E-state index is -0.406. The van der Waals surface area contributed by atoms with E-state index in [1.54, 1.807) is 0 Å². The van der Waals surface area contributed by atoms with Crippen LogP contribution in [0.3, 0.4) is 0 Å². The lowest BCUT2D eigenvalue weighted by molar-refractivity contribution is -0.147. The van der Waals surface area contributed by atoms with Crippen LogP contribution in [0.1, 0.15) is 43.2 Å². The van der Waals surface area contributed by atoms with E-state index in [4.69, 9.17) is 27.9 Å². The Balaban J connectivity index is 1.66. The summed E-state index contributed by atoms with van der Waals surface area (Å²) in [5, 5.41) is 8.81. The number of piperidine rings is 1. The minimum absolute atomic E-state index is 0.00391. The van der Waals surface area contributed by atoms with Gasteiger partial charge in [0.05, 0.1) is 18.6 Å². The summed E-state index contributed by atoms with van der Waals surface area (Å²) in [5.41, 5.74) is 2.66. The molecule has 2 aliphatic heterocycles. The molecule has 0 spiro atoms. The number of fused-ring (bicyclic) bond motifs is 3. The van der Waals surface area contributed by atoms with Crippen LogP contribution in [0.5, 0.6) is 0 Å². The van der Waals surface area contributed by atoms with E-state index in [0.717, 1.165) is 36.1 Å². The van der Waals surface area contributed by atoms with Gasteiger partial charge in [0.25, 0.3) is 0 Å². The smallest absolute Gasteiger partial charge is 0.306 e. The van der Waals surface area contributed by atoms with E-state index in [1.807, 2.05) is 11.0 Å². The molecule has 1 aromatic heterocycles. The zero-order valence-electron chi connectivity index (χ0n) is 17.8. The summed E-state index contributed by atoms with van der Waals surface area (Å²) in [5.74, 6) is -0.770. The van der Waals surface area contributed by atoms with Gasteiger partial charge in [-0.1, -0.05) is 29.6 Å². The van der Waals surface area contributed by atoms with Crippen LogP contribution in [-0.2, 0) is 27.3 Å². The molecule has 1 saturated heterocycles. The van der Waals surface area contributed by atoms with Gasteiger partial charge < -0.3 is 14.5 Å². The third-order valence-corrected chi connectivity index (χ3v) is 7.05. The van der Waals surface area contributed by atoms with E-state index in [-0.39, 0.29) is 18.3 Å². The van der Waals surface area contributed by atoms with Gasteiger partial charge in [-0.05, 0) is 56.0 Å². The number of hydrogen-bond donors (Lipinski definition) is 1. The van der Waals surface area contributed by atoms with Crippen molar-refractivity contribution >= 4 is 46.0 Å². The van der Waals surface area contributed by atoms with Gasteiger partial charge in [0.15, 0.2) is 0 Å². The molecule has 1 amide bonds. The lowest BCUT2D eigenvalue weighted by atomic mass is 9.89. The quantitative estimate of drug-likeness (QED) is 0.677. The molecule has 0 radical (unpaired) electrons. The fourth-order valence-electron chi connectivity index (χ4n) is 4.73. The monoisotopic (exact) mass is 466 g/mol. The standard InChI is InChI=1S/C22H28Cl2N4O3/c1-31-18(29)12-15-6-5-14-11-17(23)20-19(21(24)26-25-20)16(14)13-28(22(15)30)10-9-27-7-3-2-4-8-27/h11,15H,2-10,12-13H2,1H3,(H,25,26)/t15-/m0/s1. The van der Waals surface area contributed by atoms with E-state index in [0.29, 0.717) is 41.6 Å². The fourth-order valence-corrected chi connectivity index (χ4v) is 5.24. The maximum atomic E-state index is 13.5. The Kier molecular flexibility index (Phi) is 7.04. The molecule has 1 N–H and O–H groups in total. The van der Waals surface area contributed by atoms with Crippen molar-refractivity contribution in [2.75, 3.05) is 33.3 Å². The topological polar surface area (TPSA) is 78.5 Å². The number of carbonyl (C=O) groups excluding carboxylic acids is 2. The third kappa shape index (κ3) is 4.83. The second-order valence-electron chi connectivity index (χ2n) is 8.44. The number of amides is 1. The molecule has 3 heterocycles. The zero-order valence-corrected chi connectivity index (χ0v) is 19.3. The summed E-state index contributed by atoms with van der Waals surface area (Å²) < 4.78 is 4.85. The Morgan fingerprint density at radius 3 is 2.77 bits per heavy atom. The highest BCUT2D eigenvalue weighted by Crippen LogP contribution is 2.36. The molecule has 168 valence electrons. The molecule has 9 heteroatoms. The predicted molar refractivity (Wildman–Crippen MR) is 120 cm³/mol. The summed E-state index contributed by atoms with van der Waals surface area (Å²) in [6, 6.07) is 1.92. The molecule has 0 aliphatic carbocycles. The Morgan fingerprint density at radius 2 is 2.03 bits per heavy atom. The number of hydrogen-bond acceptors (Lipinski definition) is 5. The molecule has 0 saturated carbocycles. The maximum Gasteiger partial charge on any atom is 0.306 e. The van der Waals surface area contributed by atoms with Crippen LogP contribution in [0, 0.1) is 5.92 Å². The van der Waals surface area contributed by atoms with Crippen molar-refractivity contribution in [2.24, 2.45) is 5.92 Å². The number of likely N-dealkylation sites (tertiary alicyclic amines) is 1. The number of nitrogens with one attached hydrogen (secondary N) is 1. The number of rotatable bonds is 5. The van der Waals surface area contributed by atoms with Gasteiger partial charge in [-0.15, -0.1) is 0 Å². The van der Waals surface area contributed by atoms with Gasteiger partial charge in [0.1, 0.15) is 10.7 Å². The van der Waals surface area contributed by atoms with Crippen LogP contribution in [-0.4, -0.2) is 65.2 Å². The van der Waals surface area contributed by atoms with Crippen molar-refractivity contribution < 1.29 is 14.3 Å². The number of halogens is 2. The molecule has 31 heavy (non-hydrogen) atoms. The van der Waals surface area contributed by atoms with Crippen molar-refractivity contribution in [1.29, 1.82) is 0 Å². The second kappa shape index (κ2) is 9.76. The van der Waals surface area contributed by atoms with Gasteiger partial charge in [0.2, 0.25) is 5.91 Å². The predicted octanol–water partition coefficient (Wildman–Crippen LogP) is 3.81. The van der Waals surface area contributed by atoms with Crippen molar-refractivity contribution in [2.45, 2.75) is 45.1 Å². The zero-order chi connectivity index (χ0) is 22.0. The van der Waals surface area contributed by atoms with Gasteiger partial charge in [-0.2, -0.15) is 5.10 Å². The number of esters is 1. The average Bonchev–Trinajstić information content (AvgIpc) is 3.17. The molecule has 0 unspecified atom stereocenters. The van der Waals surface area contributed by atoms with Crippen LogP contribution >= 0.6 is 23.2 Å². The Morgan fingerprint density at radius 1 is 1.26 bits per heavy atom. The number of ether oxygens (including phenoxy) is 1. The molecule has 1 atom stereocenters. The Labute approximate surface area is 192 Å². The van der Waals surface area contributed by atoms with Crippen molar-refractivity contribution in [3.8, 4) is 0 Å². The van der Waals surface area contributed by atoms with Gasteiger partial charge >= 0.3 is 5.97 Å². The van der Waals surface area contributed by atoms with E-state index < -0.39 is 5.92 Å². The molecular weight excluding hydrogens is 439 g/mol. The van der Waals surface area contributed by atoms with Gasteiger partial charge in [0, 0.05) is 30.9 Å². The van der Waals surface area contributed by atoms with Crippen LogP contribution < -0.4 is 0 Å². The summed E-state index contributed by atoms with van der Waals surface area (Å²) in [6.45, 7) is 3.99. The van der Waals surface area contributed by atoms with Gasteiger partial charge in [-0.25, -0.2) is 0 Å². The Hall–Kier alpha value is -1.83. The highest BCUT2D eigenvalue weighted by atomic mass is 35.5. The van der Waals surface area contributed by atoms with Crippen LogP contribution in [0.2, 0.25) is 10.2 Å². The first-order valence-corrected chi connectivity index (χ1v) is 11.6. The highest BCUT2D eigenvalue weighted by molar-refractivity contribution is 6.39. The van der Waals surface area contributed by atoms with Crippen molar-refractivity contribution in [3.63, 3.8) is 0 Å². The number of nitrogens with zero attached hydrogens (tertiary/aromatic N) is 3. The van der Waals surface area contributed by atoms with Crippen LogP contribution in [0.25, 0.3) is 10.9 Å². The lowest BCUT2D eigenvalue weighted by Crippen LogP contribution is -2.43. The van der Waals surface area contributed by atoms with Crippen molar-refractivity contribution in [1.82, 2.24) is 20.0 Å². The number of aromatic nitrogens is 2. The number of aryl methyl sites for hydroxylation is 1. The number of aromatic amines is 1. The van der Waals surface area contributed by atoms with E-state index in [1.165, 1.54) is 26.4 Å². The molecule has 1 aromatic carbocycles. The SMILES string of the molecule is COC(=O)C[C@@H]1CCc2cc(Cl)c3n[nH]c(Cl)c3c2CN(CCN2CCCCC2)C1=O.